The van der Waals surface area contributed by atoms with Crippen LogP contribution >= 0.6 is 0 Å². The molecule has 6 heteroatoms. The molecule has 1 heterocycles. The van der Waals surface area contributed by atoms with E-state index >= 15 is 0 Å². The molecule has 144 valence electrons. The first kappa shape index (κ1) is 19.5. The summed E-state index contributed by atoms with van der Waals surface area (Å²) in [5.41, 5.74) is 3.34. The van der Waals surface area contributed by atoms with E-state index in [4.69, 9.17) is 0 Å². The molecule has 0 fully saturated rings. The van der Waals surface area contributed by atoms with Gasteiger partial charge in [-0.15, -0.1) is 0 Å². The van der Waals surface area contributed by atoms with Crippen molar-refractivity contribution in [1.29, 1.82) is 0 Å². The summed E-state index contributed by atoms with van der Waals surface area (Å²) in [5, 5.41) is 2.84. The van der Waals surface area contributed by atoms with Crippen LogP contribution in [0.15, 0.2) is 53.3 Å². The van der Waals surface area contributed by atoms with Gasteiger partial charge in [-0.25, -0.2) is 9.37 Å². The van der Waals surface area contributed by atoms with Crippen LogP contribution in [0, 0.1) is 19.7 Å². The number of nitrogens with one attached hydrogen (secondary N) is 1. The van der Waals surface area contributed by atoms with Gasteiger partial charge in [0, 0.05) is 23.0 Å². The molecule has 0 saturated heterocycles. The van der Waals surface area contributed by atoms with Crippen LogP contribution in [-0.2, 0) is 17.8 Å². The molecule has 0 radical (unpaired) electrons. The first-order chi connectivity index (χ1) is 13.4. The van der Waals surface area contributed by atoms with Crippen LogP contribution in [0.5, 0.6) is 0 Å². The second-order valence-electron chi connectivity index (χ2n) is 6.73. The first-order valence-electron chi connectivity index (χ1n) is 9.11. The average Bonchev–Trinajstić information content (AvgIpc) is 2.66. The van der Waals surface area contributed by atoms with E-state index in [1.807, 2.05) is 39.0 Å². The molecule has 1 aromatic heterocycles. The van der Waals surface area contributed by atoms with E-state index in [1.165, 1.54) is 22.8 Å². The summed E-state index contributed by atoms with van der Waals surface area (Å²) < 4.78 is 15.0. The Kier molecular flexibility index (Phi) is 5.68. The average molecular weight is 379 g/mol. The molecule has 2 aromatic carbocycles. The summed E-state index contributed by atoms with van der Waals surface area (Å²) in [6, 6.07) is 13.0. The van der Waals surface area contributed by atoms with Crippen molar-refractivity contribution in [3.63, 3.8) is 0 Å². The molecular formula is C22H22FN3O2. The fourth-order valence-corrected chi connectivity index (χ4v) is 2.94. The number of hydrogen-bond acceptors (Lipinski definition) is 3. The Labute approximate surface area is 162 Å². The number of carbonyl (C=O) groups excluding carboxylic acids is 1. The van der Waals surface area contributed by atoms with Gasteiger partial charge >= 0.3 is 0 Å². The van der Waals surface area contributed by atoms with Crippen molar-refractivity contribution in [3.05, 3.63) is 81.5 Å². The topological polar surface area (TPSA) is 64.0 Å². The van der Waals surface area contributed by atoms with Crippen LogP contribution in [0.4, 0.5) is 10.1 Å². The molecule has 3 rings (SSSR count). The highest BCUT2D eigenvalue weighted by Crippen LogP contribution is 2.19. The molecule has 0 aliphatic carbocycles. The number of aromatic nitrogens is 2. The number of carbonyl (C=O) groups is 1. The van der Waals surface area contributed by atoms with Gasteiger partial charge in [-0.3, -0.25) is 14.2 Å². The third-order valence-corrected chi connectivity index (χ3v) is 4.48. The highest BCUT2D eigenvalue weighted by molar-refractivity contribution is 5.91. The van der Waals surface area contributed by atoms with Gasteiger partial charge in [0.25, 0.3) is 5.56 Å². The van der Waals surface area contributed by atoms with Crippen LogP contribution < -0.4 is 10.9 Å². The van der Waals surface area contributed by atoms with Gasteiger partial charge in [-0.1, -0.05) is 31.2 Å². The Morgan fingerprint density at radius 2 is 1.93 bits per heavy atom. The highest BCUT2D eigenvalue weighted by atomic mass is 19.1. The fraction of sp³-hybridized carbons (Fsp3) is 0.227. The molecule has 28 heavy (non-hydrogen) atoms. The fourth-order valence-electron chi connectivity index (χ4n) is 2.94. The molecule has 0 spiro atoms. The van der Waals surface area contributed by atoms with Gasteiger partial charge < -0.3 is 5.32 Å². The largest absolute Gasteiger partial charge is 0.324 e. The predicted octanol–water partition coefficient (Wildman–Crippen LogP) is 3.87. The molecule has 3 aromatic rings. The number of rotatable bonds is 5. The van der Waals surface area contributed by atoms with Crippen LogP contribution in [0.1, 0.15) is 23.7 Å². The van der Waals surface area contributed by atoms with E-state index in [9.17, 15) is 14.0 Å². The molecule has 0 aliphatic heterocycles. The highest BCUT2D eigenvalue weighted by Gasteiger charge is 2.15. The molecular weight excluding hydrogens is 357 g/mol. The maximum absolute atomic E-state index is 13.7. The molecule has 1 amide bonds. The minimum absolute atomic E-state index is 0.213. The number of nitrogens with zero attached hydrogens (tertiary/aromatic N) is 2. The zero-order valence-corrected chi connectivity index (χ0v) is 16.1. The summed E-state index contributed by atoms with van der Waals surface area (Å²) in [6.07, 6.45) is 0.563. The van der Waals surface area contributed by atoms with Crippen LogP contribution in [0.25, 0.3) is 11.4 Å². The summed E-state index contributed by atoms with van der Waals surface area (Å²) in [6.45, 7) is 5.51. The second kappa shape index (κ2) is 8.17. The molecule has 0 atom stereocenters. The lowest BCUT2D eigenvalue weighted by Gasteiger charge is -2.14. The zero-order chi connectivity index (χ0) is 20.3. The Hall–Kier alpha value is -3.28. The van der Waals surface area contributed by atoms with Crippen molar-refractivity contribution in [2.45, 2.75) is 33.7 Å². The van der Waals surface area contributed by atoms with Crippen molar-refractivity contribution in [2.24, 2.45) is 0 Å². The Bertz CT molecular complexity index is 1090. The molecule has 5 nitrogen and oxygen atoms in total. The minimum Gasteiger partial charge on any atom is -0.324 e. The maximum Gasteiger partial charge on any atom is 0.254 e. The van der Waals surface area contributed by atoms with E-state index in [0.717, 1.165) is 11.1 Å². The van der Waals surface area contributed by atoms with Gasteiger partial charge in [0.15, 0.2) is 0 Å². The number of halogens is 1. The number of benzene rings is 2. The van der Waals surface area contributed by atoms with Crippen molar-refractivity contribution in [3.8, 4) is 11.4 Å². The van der Waals surface area contributed by atoms with Gasteiger partial charge in [0.2, 0.25) is 5.91 Å². The molecule has 0 saturated carbocycles. The summed E-state index contributed by atoms with van der Waals surface area (Å²) >= 11 is 0. The standard InChI is InChI=1S/C22H22FN3O2/c1-4-18-12-21(28)26(22(24-18)16-6-5-7-17(23)11-16)13-20(27)25-19-10-14(2)8-9-15(19)3/h5-12H,4,13H2,1-3H3,(H,25,27). The van der Waals surface area contributed by atoms with Crippen LogP contribution in [0.3, 0.4) is 0 Å². The lowest BCUT2D eigenvalue weighted by molar-refractivity contribution is -0.116. The first-order valence-corrected chi connectivity index (χ1v) is 9.11. The summed E-state index contributed by atoms with van der Waals surface area (Å²) in [5.74, 6) is -0.500. The monoisotopic (exact) mass is 379 g/mol. The van der Waals surface area contributed by atoms with Gasteiger partial charge in [-0.05, 0) is 49.6 Å². The van der Waals surface area contributed by atoms with Crippen molar-refractivity contribution in [2.75, 3.05) is 5.32 Å². The van der Waals surface area contributed by atoms with E-state index in [1.54, 1.807) is 12.1 Å². The smallest absolute Gasteiger partial charge is 0.254 e. The number of anilines is 1. The van der Waals surface area contributed by atoms with Crippen molar-refractivity contribution >= 4 is 11.6 Å². The lowest BCUT2D eigenvalue weighted by atomic mass is 10.1. The third kappa shape index (κ3) is 4.34. The molecule has 0 bridgehead atoms. The molecule has 0 aliphatic rings. The van der Waals surface area contributed by atoms with E-state index in [2.05, 4.69) is 10.3 Å². The van der Waals surface area contributed by atoms with Crippen molar-refractivity contribution < 1.29 is 9.18 Å². The quantitative estimate of drug-likeness (QED) is 0.732. The van der Waals surface area contributed by atoms with E-state index in [0.29, 0.717) is 23.4 Å². The summed E-state index contributed by atoms with van der Waals surface area (Å²) in [7, 11) is 0. The Morgan fingerprint density at radius 1 is 1.14 bits per heavy atom. The molecule has 0 unspecified atom stereocenters. The SMILES string of the molecule is CCc1cc(=O)n(CC(=O)Nc2cc(C)ccc2C)c(-c2cccc(F)c2)n1. The van der Waals surface area contributed by atoms with Gasteiger partial charge in [0.05, 0.1) is 0 Å². The normalized spacial score (nSPS) is 10.7. The lowest BCUT2D eigenvalue weighted by Crippen LogP contribution is -2.30. The summed E-state index contributed by atoms with van der Waals surface area (Å²) in [4.78, 5) is 29.7. The van der Waals surface area contributed by atoms with Crippen molar-refractivity contribution in [1.82, 2.24) is 9.55 Å². The van der Waals surface area contributed by atoms with E-state index < -0.39 is 5.82 Å². The van der Waals surface area contributed by atoms with Crippen LogP contribution in [0.2, 0.25) is 0 Å². The Balaban J connectivity index is 1.98. The number of amides is 1. The third-order valence-electron chi connectivity index (χ3n) is 4.48. The second-order valence-corrected chi connectivity index (χ2v) is 6.73. The number of hydrogen-bond donors (Lipinski definition) is 1. The number of aryl methyl sites for hydroxylation is 3. The maximum atomic E-state index is 13.7. The molecule has 1 N–H and O–H groups in total. The minimum atomic E-state index is -0.431. The van der Waals surface area contributed by atoms with E-state index in [-0.39, 0.29) is 23.8 Å². The zero-order valence-electron chi connectivity index (χ0n) is 16.1. The van der Waals surface area contributed by atoms with Crippen LogP contribution in [-0.4, -0.2) is 15.5 Å². The Morgan fingerprint density at radius 3 is 2.64 bits per heavy atom. The van der Waals surface area contributed by atoms with Gasteiger partial charge in [0.1, 0.15) is 18.2 Å². The predicted molar refractivity (Wildman–Crippen MR) is 108 cm³/mol. The van der Waals surface area contributed by atoms with Gasteiger partial charge in [-0.2, -0.15) is 0 Å².